The number of aromatic nitrogens is 3. The summed E-state index contributed by atoms with van der Waals surface area (Å²) in [5.74, 6) is 0.00888. The summed E-state index contributed by atoms with van der Waals surface area (Å²) in [6.07, 6.45) is 2.48. The number of sulfone groups is 1. The van der Waals surface area contributed by atoms with Crippen LogP contribution in [0.2, 0.25) is 0 Å². The molecule has 3 aromatic rings. The smallest absolute Gasteiger partial charge is 0.268 e. The third-order valence-electron chi connectivity index (χ3n) is 4.39. The van der Waals surface area contributed by atoms with Crippen molar-refractivity contribution in [2.24, 2.45) is 0 Å². The Kier molecular flexibility index (Phi) is 6.24. The predicted octanol–water partition coefficient (Wildman–Crippen LogP) is 2.90. The molecule has 1 N–H and O–H groups in total. The first-order valence-corrected chi connectivity index (χ1v) is 11.6. The molecule has 31 heavy (non-hydrogen) atoms. The standard InChI is InChI=1S/C20H19N5O4S2/c1-12-8-14(13(2)25(12)16-6-5-7-17(10-16)29-3)9-15(11-21)18(26)22-19-23-24-20(30-19)31(4,27)28/h5-10H,1-4H3,(H,22,23,26). The van der Waals surface area contributed by atoms with Crippen LogP contribution in [0.4, 0.5) is 5.13 Å². The van der Waals surface area contributed by atoms with Crippen LogP contribution in [0.3, 0.4) is 0 Å². The topological polar surface area (TPSA) is 127 Å². The van der Waals surface area contributed by atoms with Crippen LogP contribution in [-0.4, -0.2) is 42.5 Å². The van der Waals surface area contributed by atoms with Gasteiger partial charge in [-0.2, -0.15) is 5.26 Å². The maximum absolute atomic E-state index is 12.5. The summed E-state index contributed by atoms with van der Waals surface area (Å²) in [4.78, 5) is 12.5. The Bertz CT molecular complexity index is 1330. The van der Waals surface area contributed by atoms with E-state index in [0.717, 1.165) is 34.7 Å². The van der Waals surface area contributed by atoms with E-state index in [2.05, 4.69) is 15.5 Å². The van der Waals surface area contributed by atoms with Crippen molar-refractivity contribution in [1.82, 2.24) is 14.8 Å². The van der Waals surface area contributed by atoms with Crippen LogP contribution < -0.4 is 10.1 Å². The molecule has 0 unspecified atom stereocenters. The molecular formula is C20H19N5O4S2. The summed E-state index contributed by atoms with van der Waals surface area (Å²) in [5.41, 5.74) is 3.18. The van der Waals surface area contributed by atoms with Gasteiger partial charge in [-0.05, 0) is 43.7 Å². The normalized spacial score (nSPS) is 11.8. The number of rotatable bonds is 6. The van der Waals surface area contributed by atoms with Gasteiger partial charge >= 0.3 is 0 Å². The lowest BCUT2D eigenvalue weighted by atomic mass is 10.1. The monoisotopic (exact) mass is 457 g/mol. The molecule has 2 heterocycles. The van der Waals surface area contributed by atoms with Crippen molar-refractivity contribution in [2.75, 3.05) is 18.7 Å². The van der Waals surface area contributed by atoms with E-state index in [1.807, 2.05) is 54.8 Å². The average molecular weight is 458 g/mol. The number of nitriles is 1. The van der Waals surface area contributed by atoms with Gasteiger partial charge in [-0.25, -0.2) is 8.42 Å². The first kappa shape index (κ1) is 22.2. The molecule has 0 bridgehead atoms. The van der Waals surface area contributed by atoms with E-state index < -0.39 is 15.7 Å². The number of methoxy groups -OCH3 is 1. The number of hydrogen-bond acceptors (Lipinski definition) is 8. The van der Waals surface area contributed by atoms with Gasteiger partial charge in [-0.1, -0.05) is 17.4 Å². The Morgan fingerprint density at radius 1 is 1.29 bits per heavy atom. The number of carbonyl (C=O) groups is 1. The minimum absolute atomic E-state index is 0.00608. The average Bonchev–Trinajstić information content (AvgIpc) is 3.30. The van der Waals surface area contributed by atoms with Crippen molar-refractivity contribution in [3.63, 3.8) is 0 Å². The molecule has 1 amide bonds. The van der Waals surface area contributed by atoms with Crippen LogP contribution in [-0.2, 0) is 14.6 Å². The van der Waals surface area contributed by atoms with Gasteiger partial charge in [0.2, 0.25) is 19.3 Å². The quantitative estimate of drug-likeness (QED) is 0.342. The first-order chi connectivity index (χ1) is 14.6. The number of amides is 1. The first-order valence-electron chi connectivity index (χ1n) is 8.94. The van der Waals surface area contributed by atoms with Gasteiger partial charge in [-0.3, -0.25) is 10.1 Å². The molecule has 0 saturated carbocycles. The number of anilines is 1. The second kappa shape index (κ2) is 8.71. The van der Waals surface area contributed by atoms with Crippen molar-refractivity contribution in [3.05, 3.63) is 52.9 Å². The number of aryl methyl sites for hydroxylation is 1. The fourth-order valence-corrected chi connectivity index (χ4v) is 4.46. The molecule has 0 spiro atoms. The van der Waals surface area contributed by atoms with Crippen LogP contribution in [0, 0.1) is 25.2 Å². The molecule has 3 rings (SSSR count). The molecule has 2 aromatic heterocycles. The number of nitrogens with one attached hydrogen (secondary N) is 1. The Labute approximate surface area is 183 Å². The van der Waals surface area contributed by atoms with Crippen LogP contribution >= 0.6 is 11.3 Å². The molecule has 1 aromatic carbocycles. The lowest BCUT2D eigenvalue weighted by molar-refractivity contribution is -0.112. The molecule has 0 aliphatic heterocycles. The van der Waals surface area contributed by atoms with Gasteiger partial charge in [0.15, 0.2) is 0 Å². The van der Waals surface area contributed by atoms with Gasteiger partial charge < -0.3 is 9.30 Å². The molecular weight excluding hydrogens is 438 g/mol. The zero-order chi connectivity index (χ0) is 22.8. The van der Waals surface area contributed by atoms with Gasteiger partial charge in [0.05, 0.1) is 7.11 Å². The Hall–Kier alpha value is -3.49. The van der Waals surface area contributed by atoms with Gasteiger partial charge in [-0.15, -0.1) is 10.2 Å². The number of hydrogen-bond donors (Lipinski definition) is 1. The third-order valence-corrected chi connectivity index (χ3v) is 6.90. The largest absolute Gasteiger partial charge is 0.497 e. The molecule has 0 fully saturated rings. The van der Waals surface area contributed by atoms with Crippen LogP contribution in [0.15, 0.2) is 40.2 Å². The van der Waals surface area contributed by atoms with Gasteiger partial charge in [0.25, 0.3) is 5.91 Å². The Morgan fingerprint density at radius 2 is 2.03 bits per heavy atom. The molecule has 0 aliphatic carbocycles. The van der Waals surface area contributed by atoms with Crippen molar-refractivity contribution in [3.8, 4) is 17.5 Å². The van der Waals surface area contributed by atoms with E-state index in [4.69, 9.17) is 4.74 Å². The second-order valence-corrected chi connectivity index (χ2v) is 9.80. The molecule has 0 saturated heterocycles. The number of carbonyl (C=O) groups excluding carboxylic acids is 1. The Balaban J connectivity index is 1.91. The fourth-order valence-electron chi connectivity index (χ4n) is 2.96. The molecule has 0 atom stereocenters. The Morgan fingerprint density at radius 3 is 2.65 bits per heavy atom. The van der Waals surface area contributed by atoms with Gasteiger partial charge in [0.1, 0.15) is 17.4 Å². The SMILES string of the molecule is COc1cccc(-n2c(C)cc(C=C(C#N)C(=O)Nc3nnc(S(C)(=O)=O)s3)c2C)c1. The maximum Gasteiger partial charge on any atom is 0.268 e. The maximum atomic E-state index is 12.5. The lowest BCUT2D eigenvalue weighted by Crippen LogP contribution is -2.13. The van der Waals surface area contributed by atoms with E-state index >= 15 is 0 Å². The highest BCUT2D eigenvalue weighted by Crippen LogP contribution is 2.26. The highest BCUT2D eigenvalue weighted by Gasteiger charge is 2.18. The lowest BCUT2D eigenvalue weighted by Gasteiger charge is -2.11. The van der Waals surface area contributed by atoms with Crippen molar-refractivity contribution < 1.29 is 17.9 Å². The van der Waals surface area contributed by atoms with Crippen molar-refractivity contribution in [1.29, 1.82) is 5.26 Å². The van der Waals surface area contributed by atoms with E-state index in [1.54, 1.807) is 7.11 Å². The van der Waals surface area contributed by atoms with E-state index in [9.17, 15) is 18.5 Å². The summed E-state index contributed by atoms with van der Waals surface area (Å²) in [6, 6.07) is 11.3. The predicted molar refractivity (Wildman–Crippen MR) is 117 cm³/mol. The number of benzene rings is 1. The van der Waals surface area contributed by atoms with Gasteiger partial charge in [0, 0.05) is 29.4 Å². The molecule has 11 heteroatoms. The zero-order valence-corrected chi connectivity index (χ0v) is 18.8. The van der Waals surface area contributed by atoms with E-state index in [0.29, 0.717) is 11.3 Å². The molecule has 0 radical (unpaired) electrons. The number of nitrogens with zero attached hydrogens (tertiary/aromatic N) is 4. The van der Waals surface area contributed by atoms with Crippen molar-refractivity contribution >= 4 is 38.3 Å². The third kappa shape index (κ3) is 4.82. The van der Waals surface area contributed by atoms with Crippen LogP contribution in [0.1, 0.15) is 17.0 Å². The molecule has 160 valence electrons. The molecule has 0 aliphatic rings. The summed E-state index contributed by atoms with van der Waals surface area (Å²) in [6.45, 7) is 3.80. The minimum atomic E-state index is -3.53. The fraction of sp³-hybridized carbons (Fsp3) is 0.200. The zero-order valence-electron chi connectivity index (χ0n) is 17.2. The summed E-state index contributed by atoms with van der Waals surface area (Å²) in [5, 5.41) is 19.1. The summed E-state index contributed by atoms with van der Waals surface area (Å²) in [7, 11) is -1.93. The van der Waals surface area contributed by atoms with E-state index in [1.165, 1.54) is 6.08 Å². The highest BCUT2D eigenvalue weighted by atomic mass is 32.2. The van der Waals surface area contributed by atoms with Crippen molar-refractivity contribution in [2.45, 2.75) is 18.2 Å². The minimum Gasteiger partial charge on any atom is -0.497 e. The number of ether oxygens (including phenoxy) is 1. The second-order valence-electron chi connectivity index (χ2n) is 6.63. The van der Waals surface area contributed by atoms with Crippen LogP contribution in [0.25, 0.3) is 11.8 Å². The molecule has 9 nitrogen and oxygen atoms in total. The van der Waals surface area contributed by atoms with E-state index in [-0.39, 0.29) is 15.0 Å². The summed E-state index contributed by atoms with van der Waals surface area (Å²) < 4.78 is 30.1. The highest BCUT2D eigenvalue weighted by molar-refractivity contribution is 7.92. The summed E-state index contributed by atoms with van der Waals surface area (Å²) >= 11 is 0.718. The van der Waals surface area contributed by atoms with Crippen LogP contribution in [0.5, 0.6) is 5.75 Å².